The van der Waals surface area contributed by atoms with Crippen LogP contribution in [-0.4, -0.2) is 29.9 Å². The fourth-order valence-electron chi connectivity index (χ4n) is 1.30. The van der Waals surface area contributed by atoms with Crippen molar-refractivity contribution < 1.29 is 19.4 Å². The van der Waals surface area contributed by atoms with Crippen molar-refractivity contribution in [1.29, 1.82) is 0 Å². The second-order valence-electron chi connectivity index (χ2n) is 3.49. The molecular weight excluding hydrogens is 232 g/mol. The zero-order valence-electron chi connectivity index (χ0n) is 9.11. The lowest BCUT2D eigenvalue weighted by atomic mass is 10.1. The molecule has 4 nitrogen and oxygen atoms in total. The molecule has 0 fully saturated rings. The van der Waals surface area contributed by atoms with Gasteiger partial charge in [0.15, 0.2) is 5.06 Å². The first-order valence-electron chi connectivity index (χ1n) is 5.04. The molecule has 1 aliphatic rings. The molecule has 1 N–H and O–H groups in total. The lowest BCUT2D eigenvalue weighted by molar-refractivity contribution is -0.137. The molecule has 0 aromatic heterocycles. The summed E-state index contributed by atoms with van der Waals surface area (Å²) in [7, 11) is 1.53. The second kappa shape index (κ2) is 5.92. The van der Waals surface area contributed by atoms with Gasteiger partial charge in [-0.05, 0) is 12.5 Å². The molecule has 1 atom stereocenters. The summed E-state index contributed by atoms with van der Waals surface area (Å²) in [6.07, 6.45) is 6.53. The van der Waals surface area contributed by atoms with E-state index in [1.165, 1.54) is 7.11 Å². The van der Waals surface area contributed by atoms with E-state index in [4.69, 9.17) is 26.2 Å². The van der Waals surface area contributed by atoms with Crippen molar-refractivity contribution >= 4 is 17.6 Å². The molecule has 0 saturated heterocycles. The van der Waals surface area contributed by atoms with E-state index in [2.05, 4.69) is 0 Å². The first-order valence-corrected chi connectivity index (χ1v) is 5.41. The first kappa shape index (κ1) is 13.1. The van der Waals surface area contributed by atoms with E-state index < -0.39 is 11.0 Å². The van der Waals surface area contributed by atoms with E-state index in [0.29, 0.717) is 25.2 Å². The van der Waals surface area contributed by atoms with Gasteiger partial charge in [0.2, 0.25) is 0 Å². The monoisotopic (exact) mass is 246 g/mol. The maximum absolute atomic E-state index is 10.3. The third-order valence-corrected chi connectivity index (χ3v) is 2.60. The van der Waals surface area contributed by atoms with Gasteiger partial charge in [-0.1, -0.05) is 17.7 Å². The molecule has 1 rings (SSSR count). The standard InChI is InChI=1S/C11H15ClO4/c1-15-11(12)6-2-4-9(8-11)16-7-3-5-10(13)14/h2,4,8H,3,5-7H2,1H3,(H,13,14). The van der Waals surface area contributed by atoms with Crippen molar-refractivity contribution in [2.45, 2.75) is 24.3 Å². The van der Waals surface area contributed by atoms with Crippen molar-refractivity contribution in [3.8, 4) is 0 Å². The van der Waals surface area contributed by atoms with Gasteiger partial charge in [-0.3, -0.25) is 4.79 Å². The van der Waals surface area contributed by atoms with Gasteiger partial charge in [0.1, 0.15) is 5.76 Å². The Hall–Kier alpha value is -1.00. The van der Waals surface area contributed by atoms with Gasteiger partial charge in [-0.2, -0.15) is 0 Å². The van der Waals surface area contributed by atoms with Crippen LogP contribution in [0.15, 0.2) is 24.0 Å². The second-order valence-corrected chi connectivity index (χ2v) is 4.13. The molecule has 1 aliphatic carbocycles. The Morgan fingerprint density at radius 3 is 3.06 bits per heavy atom. The maximum Gasteiger partial charge on any atom is 0.303 e. The van der Waals surface area contributed by atoms with Gasteiger partial charge in [-0.15, -0.1) is 0 Å². The average Bonchev–Trinajstić information content (AvgIpc) is 2.24. The number of carboxylic acids is 1. The molecule has 0 amide bonds. The van der Waals surface area contributed by atoms with Gasteiger partial charge in [0, 0.05) is 26.0 Å². The van der Waals surface area contributed by atoms with Gasteiger partial charge >= 0.3 is 5.97 Å². The van der Waals surface area contributed by atoms with E-state index in [9.17, 15) is 4.79 Å². The van der Waals surface area contributed by atoms with Crippen LogP contribution in [0, 0.1) is 0 Å². The lowest BCUT2D eigenvalue weighted by Crippen LogP contribution is -2.22. The van der Waals surface area contributed by atoms with Crippen molar-refractivity contribution in [1.82, 2.24) is 0 Å². The van der Waals surface area contributed by atoms with Crippen LogP contribution in [0.2, 0.25) is 0 Å². The van der Waals surface area contributed by atoms with Crippen LogP contribution < -0.4 is 0 Å². The summed E-state index contributed by atoms with van der Waals surface area (Å²) >= 11 is 6.09. The molecule has 0 bridgehead atoms. The molecule has 0 spiro atoms. The molecule has 0 aliphatic heterocycles. The van der Waals surface area contributed by atoms with Gasteiger partial charge < -0.3 is 14.6 Å². The molecule has 0 saturated carbocycles. The van der Waals surface area contributed by atoms with Crippen molar-refractivity contribution in [3.63, 3.8) is 0 Å². The highest BCUT2D eigenvalue weighted by molar-refractivity contribution is 6.24. The summed E-state index contributed by atoms with van der Waals surface area (Å²) in [5.74, 6) is -0.200. The first-order chi connectivity index (χ1) is 7.56. The Labute approximate surface area is 99.5 Å². The number of hydrogen-bond acceptors (Lipinski definition) is 3. The number of halogens is 1. The van der Waals surface area contributed by atoms with Crippen LogP contribution in [0.4, 0.5) is 0 Å². The number of hydrogen-bond donors (Lipinski definition) is 1. The van der Waals surface area contributed by atoms with Gasteiger partial charge in [0.05, 0.1) is 6.61 Å². The minimum atomic E-state index is -0.836. The van der Waals surface area contributed by atoms with Crippen molar-refractivity contribution in [3.05, 3.63) is 24.0 Å². The molecule has 0 radical (unpaired) electrons. The number of rotatable bonds is 6. The number of allylic oxidation sites excluding steroid dienone is 1. The molecule has 0 aromatic rings. The molecule has 0 aromatic carbocycles. The Kier molecular flexibility index (Phi) is 4.83. The van der Waals surface area contributed by atoms with Crippen molar-refractivity contribution in [2.75, 3.05) is 13.7 Å². The molecule has 5 heteroatoms. The summed E-state index contributed by atoms with van der Waals surface area (Å²) in [4.78, 5) is 10.3. The highest BCUT2D eigenvalue weighted by atomic mass is 35.5. The molecule has 1 unspecified atom stereocenters. The zero-order chi connectivity index (χ0) is 12.0. The third-order valence-electron chi connectivity index (χ3n) is 2.18. The Morgan fingerprint density at radius 1 is 1.69 bits per heavy atom. The normalized spacial score (nSPS) is 24.0. The molecule has 0 heterocycles. The fraction of sp³-hybridized carbons (Fsp3) is 0.545. The third kappa shape index (κ3) is 4.24. The average molecular weight is 247 g/mol. The van der Waals surface area contributed by atoms with Gasteiger partial charge in [0.25, 0.3) is 0 Å². The summed E-state index contributed by atoms with van der Waals surface area (Å²) in [6, 6.07) is 0. The highest BCUT2D eigenvalue weighted by Crippen LogP contribution is 2.29. The summed E-state index contributed by atoms with van der Waals surface area (Å²) in [5, 5.41) is 7.61. The van der Waals surface area contributed by atoms with Crippen LogP contribution in [-0.2, 0) is 14.3 Å². The van der Waals surface area contributed by atoms with Crippen LogP contribution >= 0.6 is 11.6 Å². The Bertz CT molecular complexity index is 311. The summed E-state index contributed by atoms with van der Waals surface area (Å²) in [6.45, 7) is 0.360. The predicted octanol–water partition coefficient (Wildman–Crippen LogP) is 2.29. The van der Waals surface area contributed by atoms with E-state index in [0.717, 1.165) is 0 Å². The number of ether oxygens (including phenoxy) is 2. The minimum absolute atomic E-state index is 0.104. The number of carbonyl (C=O) groups is 1. The SMILES string of the molecule is COC1(Cl)C=C(OCCCC(=O)O)C=CC1. The largest absolute Gasteiger partial charge is 0.494 e. The van der Waals surface area contributed by atoms with Crippen molar-refractivity contribution in [2.24, 2.45) is 0 Å². The summed E-state index contributed by atoms with van der Waals surface area (Å²) < 4.78 is 10.5. The van der Waals surface area contributed by atoms with Crippen LogP contribution in [0.1, 0.15) is 19.3 Å². The van der Waals surface area contributed by atoms with Crippen LogP contribution in [0.5, 0.6) is 0 Å². The number of carboxylic acid groups (broad SMARTS) is 1. The number of methoxy groups -OCH3 is 1. The zero-order valence-corrected chi connectivity index (χ0v) is 9.87. The van der Waals surface area contributed by atoms with Gasteiger partial charge in [-0.25, -0.2) is 0 Å². The smallest absolute Gasteiger partial charge is 0.303 e. The molecule has 90 valence electrons. The molecular formula is C11H15ClO4. The van der Waals surface area contributed by atoms with E-state index in [1.54, 1.807) is 12.2 Å². The number of alkyl halides is 1. The van der Waals surface area contributed by atoms with E-state index in [1.807, 2.05) is 6.08 Å². The topological polar surface area (TPSA) is 55.8 Å². The minimum Gasteiger partial charge on any atom is -0.494 e. The van der Waals surface area contributed by atoms with E-state index >= 15 is 0 Å². The highest BCUT2D eigenvalue weighted by Gasteiger charge is 2.25. The fourth-order valence-corrected chi connectivity index (χ4v) is 1.50. The lowest BCUT2D eigenvalue weighted by Gasteiger charge is -2.24. The quantitative estimate of drug-likeness (QED) is 0.577. The number of aliphatic carboxylic acids is 1. The van der Waals surface area contributed by atoms with E-state index in [-0.39, 0.29) is 6.42 Å². The maximum atomic E-state index is 10.3. The van der Waals surface area contributed by atoms with Crippen LogP contribution in [0.3, 0.4) is 0 Å². The Balaban J connectivity index is 2.36. The summed E-state index contributed by atoms with van der Waals surface area (Å²) in [5.41, 5.74) is 0. The predicted molar refractivity (Wildman–Crippen MR) is 60.3 cm³/mol. The Morgan fingerprint density at radius 2 is 2.44 bits per heavy atom. The molecule has 16 heavy (non-hydrogen) atoms. The van der Waals surface area contributed by atoms with Crippen LogP contribution in [0.25, 0.3) is 0 Å².